The zero-order valence-electron chi connectivity index (χ0n) is 17.9. The highest BCUT2D eigenvalue weighted by Gasteiger charge is 2.43. The van der Waals surface area contributed by atoms with Gasteiger partial charge >= 0.3 is 0 Å². The second kappa shape index (κ2) is 10.8. The fourth-order valence-electron chi connectivity index (χ4n) is 3.56. The molecule has 0 aromatic heterocycles. The highest BCUT2D eigenvalue weighted by Crippen LogP contribution is 2.47. The van der Waals surface area contributed by atoms with Gasteiger partial charge in [-0.2, -0.15) is 0 Å². The molecule has 0 saturated heterocycles. The van der Waals surface area contributed by atoms with E-state index < -0.39 is 0 Å². The highest BCUT2D eigenvalue weighted by molar-refractivity contribution is 14.0. The van der Waals surface area contributed by atoms with Crippen LogP contribution in [0.4, 0.5) is 0 Å². The number of halogens is 1. The van der Waals surface area contributed by atoms with Crippen molar-refractivity contribution in [3.63, 3.8) is 0 Å². The Hall–Kier alpha value is -2.29. The van der Waals surface area contributed by atoms with E-state index in [0.717, 1.165) is 30.9 Å². The van der Waals surface area contributed by atoms with Gasteiger partial charge in [-0.15, -0.1) is 24.0 Å². The first kappa shape index (κ1) is 23.4. The van der Waals surface area contributed by atoms with Crippen LogP contribution in [0.15, 0.2) is 59.6 Å². The lowest BCUT2D eigenvalue weighted by atomic mass is 9.96. The fraction of sp³-hybridized carbons (Fsp3) is 0.417. The van der Waals surface area contributed by atoms with Crippen LogP contribution in [-0.4, -0.2) is 38.1 Å². The molecule has 2 aliphatic rings. The quantitative estimate of drug-likeness (QED) is 0.262. The summed E-state index contributed by atoms with van der Waals surface area (Å²) in [7, 11) is 1.79. The topological polar surface area (TPSA) is 74.8 Å². The monoisotopic (exact) mass is 534 g/mol. The van der Waals surface area contributed by atoms with Crippen molar-refractivity contribution in [2.45, 2.75) is 43.7 Å². The first-order valence-electron chi connectivity index (χ1n) is 10.7. The number of benzene rings is 2. The molecule has 7 heteroatoms. The van der Waals surface area contributed by atoms with Gasteiger partial charge in [0.25, 0.3) is 5.91 Å². The predicted octanol–water partition coefficient (Wildman–Crippen LogP) is 3.36. The van der Waals surface area contributed by atoms with E-state index >= 15 is 0 Å². The van der Waals surface area contributed by atoms with Gasteiger partial charge < -0.3 is 20.7 Å². The molecular formula is C24H31IN4O2. The molecule has 0 radical (unpaired) electrons. The van der Waals surface area contributed by atoms with Crippen LogP contribution >= 0.6 is 24.0 Å². The summed E-state index contributed by atoms with van der Waals surface area (Å²) in [6.45, 7) is 1.55. The van der Waals surface area contributed by atoms with E-state index in [4.69, 9.17) is 4.74 Å². The number of guanidine groups is 1. The lowest BCUT2D eigenvalue weighted by Gasteiger charge is -2.19. The van der Waals surface area contributed by atoms with E-state index in [2.05, 4.69) is 51.3 Å². The average molecular weight is 534 g/mol. The molecule has 0 heterocycles. The van der Waals surface area contributed by atoms with Gasteiger partial charge in [0.05, 0.1) is 0 Å². The minimum atomic E-state index is -0.0574. The number of hydrogen-bond donors (Lipinski definition) is 3. The summed E-state index contributed by atoms with van der Waals surface area (Å²) in [5.41, 5.74) is 2.69. The van der Waals surface area contributed by atoms with Crippen LogP contribution in [0.1, 0.15) is 36.8 Å². The summed E-state index contributed by atoms with van der Waals surface area (Å²) in [4.78, 5) is 16.1. The molecule has 3 N–H and O–H groups in total. The third-order valence-electron chi connectivity index (χ3n) is 5.73. The molecule has 2 aromatic rings. The van der Waals surface area contributed by atoms with Crippen LogP contribution < -0.4 is 20.7 Å². The summed E-state index contributed by atoms with van der Waals surface area (Å²) in [6.07, 6.45) is 4.56. The van der Waals surface area contributed by atoms with Gasteiger partial charge in [0.15, 0.2) is 12.6 Å². The first-order chi connectivity index (χ1) is 14.7. The molecule has 1 amide bonds. The van der Waals surface area contributed by atoms with Crippen molar-refractivity contribution in [2.24, 2.45) is 4.99 Å². The van der Waals surface area contributed by atoms with Crippen LogP contribution in [0.3, 0.4) is 0 Å². The average Bonchev–Trinajstić information content (AvgIpc) is 3.70. The third kappa shape index (κ3) is 6.85. The van der Waals surface area contributed by atoms with Crippen molar-refractivity contribution in [1.82, 2.24) is 16.0 Å². The van der Waals surface area contributed by atoms with Gasteiger partial charge in [-0.05, 0) is 48.9 Å². The van der Waals surface area contributed by atoms with Crippen LogP contribution in [0.25, 0.3) is 0 Å². The van der Waals surface area contributed by atoms with Gasteiger partial charge in [0.1, 0.15) is 5.75 Å². The summed E-state index contributed by atoms with van der Waals surface area (Å²) in [5, 5.41) is 9.77. The molecule has 2 aromatic carbocycles. The number of rotatable bonds is 9. The SMILES string of the molecule is CN=C(NCc1cccc(OCC(=O)NC2CC2)c1)NCC1(c2ccccc2)CC1.I. The molecule has 2 saturated carbocycles. The maximum atomic E-state index is 11.8. The number of ether oxygens (including phenoxy) is 1. The van der Waals surface area contributed by atoms with Gasteiger partial charge in [0.2, 0.25) is 0 Å². The standard InChI is InChI=1S/C24H30N4O2.HI/c1-25-23(27-17-24(12-13-24)19-7-3-2-4-8-19)26-15-18-6-5-9-21(14-18)30-16-22(29)28-20-10-11-20;/h2-9,14,20H,10-13,15-17H2,1H3,(H,28,29)(H2,25,26,27);1H. The Morgan fingerprint density at radius 3 is 2.55 bits per heavy atom. The fourth-order valence-corrected chi connectivity index (χ4v) is 3.56. The van der Waals surface area contributed by atoms with E-state index in [1.807, 2.05) is 24.3 Å². The number of nitrogens with zero attached hydrogens (tertiary/aromatic N) is 1. The van der Waals surface area contributed by atoms with Gasteiger partial charge in [0, 0.05) is 31.6 Å². The molecule has 2 aliphatic carbocycles. The first-order valence-corrected chi connectivity index (χ1v) is 10.7. The Labute approximate surface area is 201 Å². The summed E-state index contributed by atoms with van der Waals surface area (Å²) >= 11 is 0. The number of carbonyl (C=O) groups excluding carboxylic acids is 1. The Kier molecular flexibility index (Phi) is 8.17. The number of hydrogen-bond acceptors (Lipinski definition) is 3. The van der Waals surface area contributed by atoms with Crippen LogP contribution in [0, 0.1) is 0 Å². The number of amides is 1. The summed E-state index contributed by atoms with van der Waals surface area (Å²) < 4.78 is 5.63. The zero-order valence-corrected chi connectivity index (χ0v) is 20.2. The molecule has 0 atom stereocenters. The highest BCUT2D eigenvalue weighted by atomic mass is 127. The summed E-state index contributed by atoms with van der Waals surface area (Å²) in [6, 6.07) is 18.8. The molecule has 166 valence electrons. The molecule has 0 aliphatic heterocycles. The van der Waals surface area contributed by atoms with Gasteiger partial charge in [-0.3, -0.25) is 9.79 Å². The van der Waals surface area contributed by atoms with Crippen molar-refractivity contribution in [2.75, 3.05) is 20.2 Å². The van der Waals surface area contributed by atoms with Crippen molar-refractivity contribution in [1.29, 1.82) is 0 Å². The molecule has 6 nitrogen and oxygen atoms in total. The third-order valence-corrected chi connectivity index (χ3v) is 5.73. The van der Waals surface area contributed by atoms with Crippen LogP contribution in [-0.2, 0) is 16.8 Å². The lowest BCUT2D eigenvalue weighted by molar-refractivity contribution is -0.123. The Morgan fingerprint density at radius 2 is 1.87 bits per heavy atom. The number of aliphatic imine (C=N–C) groups is 1. The van der Waals surface area contributed by atoms with E-state index in [1.54, 1.807) is 7.05 Å². The second-order valence-electron chi connectivity index (χ2n) is 8.20. The van der Waals surface area contributed by atoms with Crippen LogP contribution in [0.5, 0.6) is 5.75 Å². The van der Waals surface area contributed by atoms with E-state index in [0.29, 0.717) is 18.3 Å². The van der Waals surface area contributed by atoms with Crippen molar-refractivity contribution in [3.8, 4) is 5.75 Å². The van der Waals surface area contributed by atoms with Gasteiger partial charge in [-0.25, -0.2) is 0 Å². The molecule has 31 heavy (non-hydrogen) atoms. The molecule has 0 bridgehead atoms. The number of carbonyl (C=O) groups is 1. The Morgan fingerprint density at radius 1 is 1.10 bits per heavy atom. The van der Waals surface area contributed by atoms with E-state index in [-0.39, 0.29) is 41.9 Å². The molecule has 0 spiro atoms. The molecular weight excluding hydrogens is 503 g/mol. The predicted molar refractivity (Wildman–Crippen MR) is 134 cm³/mol. The zero-order chi connectivity index (χ0) is 20.8. The summed E-state index contributed by atoms with van der Waals surface area (Å²) in [5.74, 6) is 1.43. The van der Waals surface area contributed by atoms with Crippen molar-refractivity contribution in [3.05, 3.63) is 65.7 Å². The molecule has 4 rings (SSSR count). The Bertz CT molecular complexity index is 895. The minimum Gasteiger partial charge on any atom is -0.484 e. The normalized spacial score (nSPS) is 16.6. The molecule has 2 fully saturated rings. The Balaban J connectivity index is 0.00000272. The van der Waals surface area contributed by atoms with E-state index in [9.17, 15) is 4.79 Å². The second-order valence-corrected chi connectivity index (χ2v) is 8.20. The van der Waals surface area contributed by atoms with Gasteiger partial charge in [-0.1, -0.05) is 42.5 Å². The molecule has 0 unspecified atom stereocenters. The maximum Gasteiger partial charge on any atom is 0.258 e. The van der Waals surface area contributed by atoms with E-state index in [1.165, 1.54) is 18.4 Å². The lowest BCUT2D eigenvalue weighted by Crippen LogP contribution is -2.40. The van der Waals surface area contributed by atoms with Crippen LogP contribution in [0.2, 0.25) is 0 Å². The van der Waals surface area contributed by atoms with Crippen molar-refractivity contribution < 1.29 is 9.53 Å². The largest absolute Gasteiger partial charge is 0.484 e. The van der Waals surface area contributed by atoms with Crippen molar-refractivity contribution >= 4 is 35.8 Å². The minimum absolute atomic E-state index is 0. The smallest absolute Gasteiger partial charge is 0.258 e. The maximum absolute atomic E-state index is 11.8. The number of nitrogens with one attached hydrogen (secondary N) is 3.